The maximum absolute atomic E-state index is 12.0. The van der Waals surface area contributed by atoms with Crippen molar-refractivity contribution in [3.8, 4) is 0 Å². The number of amides is 1. The zero-order chi connectivity index (χ0) is 14.1. The van der Waals surface area contributed by atoms with Crippen LogP contribution < -0.4 is 4.90 Å². The van der Waals surface area contributed by atoms with E-state index in [0.29, 0.717) is 22.8 Å². The van der Waals surface area contributed by atoms with Crippen LogP contribution >= 0.6 is 11.6 Å². The maximum atomic E-state index is 12.0. The molecule has 0 unspecified atom stereocenters. The molecular formula is C14H12ClN3O2. The van der Waals surface area contributed by atoms with Crippen LogP contribution in [0.2, 0.25) is 5.02 Å². The predicted octanol–water partition coefficient (Wildman–Crippen LogP) is 2.16. The Morgan fingerprint density at radius 2 is 2.05 bits per heavy atom. The van der Waals surface area contributed by atoms with E-state index in [1.165, 1.54) is 4.90 Å². The van der Waals surface area contributed by atoms with Crippen LogP contribution in [-0.4, -0.2) is 27.8 Å². The standard InChI is InChI=1S/C14H12ClN3O2/c15-10-2-3-11-12(8-10)18(14(20)13(11)19)6-1-5-17-7-4-16-9-17/h2-4,7-9H,1,5-6H2. The van der Waals surface area contributed by atoms with Gasteiger partial charge in [-0.15, -0.1) is 0 Å². The van der Waals surface area contributed by atoms with E-state index in [-0.39, 0.29) is 0 Å². The van der Waals surface area contributed by atoms with Gasteiger partial charge in [0.25, 0.3) is 11.7 Å². The molecule has 1 aromatic heterocycles. The molecule has 5 nitrogen and oxygen atoms in total. The summed E-state index contributed by atoms with van der Waals surface area (Å²) in [6.07, 6.45) is 6.03. The van der Waals surface area contributed by atoms with Crippen LogP contribution in [0.15, 0.2) is 36.9 Å². The number of benzene rings is 1. The van der Waals surface area contributed by atoms with Crippen molar-refractivity contribution in [2.24, 2.45) is 0 Å². The van der Waals surface area contributed by atoms with Crippen molar-refractivity contribution in [1.29, 1.82) is 0 Å². The number of nitrogens with zero attached hydrogens (tertiary/aromatic N) is 3. The van der Waals surface area contributed by atoms with Crippen LogP contribution in [0.3, 0.4) is 0 Å². The lowest BCUT2D eigenvalue weighted by Gasteiger charge is -2.16. The Morgan fingerprint density at radius 1 is 1.20 bits per heavy atom. The quantitative estimate of drug-likeness (QED) is 0.811. The molecule has 2 aromatic rings. The minimum absolute atomic E-state index is 0.432. The number of aryl methyl sites for hydroxylation is 1. The minimum Gasteiger partial charge on any atom is -0.337 e. The first-order valence-electron chi connectivity index (χ1n) is 6.28. The SMILES string of the molecule is O=C1C(=O)N(CCCn2ccnc2)c2cc(Cl)ccc21. The molecule has 2 heterocycles. The van der Waals surface area contributed by atoms with Gasteiger partial charge in [-0.1, -0.05) is 11.6 Å². The normalized spacial score (nSPS) is 13.9. The summed E-state index contributed by atoms with van der Waals surface area (Å²) in [6, 6.07) is 4.89. The van der Waals surface area contributed by atoms with Crippen molar-refractivity contribution in [1.82, 2.24) is 9.55 Å². The fraction of sp³-hybridized carbons (Fsp3) is 0.214. The summed E-state index contributed by atoms with van der Waals surface area (Å²) in [5.41, 5.74) is 1.04. The molecular weight excluding hydrogens is 278 g/mol. The molecule has 0 N–H and O–H groups in total. The van der Waals surface area contributed by atoms with Crippen molar-refractivity contribution in [2.45, 2.75) is 13.0 Å². The zero-order valence-electron chi connectivity index (χ0n) is 10.6. The summed E-state index contributed by atoms with van der Waals surface area (Å²) >= 11 is 5.94. The highest BCUT2D eigenvalue weighted by Gasteiger charge is 2.35. The van der Waals surface area contributed by atoms with E-state index in [9.17, 15) is 9.59 Å². The number of fused-ring (bicyclic) bond motifs is 1. The molecule has 102 valence electrons. The number of halogens is 1. The van der Waals surface area contributed by atoms with Crippen LogP contribution in [0.25, 0.3) is 0 Å². The smallest absolute Gasteiger partial charge is 0.299 e. The lowest BCUT2D eigenvalue weighted by Crippen LogP contribution is -2.31. The molecule has 0 saturated carbocycles. The number of hydrogen-bond acceptors (Lipinski definition) is 3. The Labute approximate surface area is 120 Å². The summed E-state index contributed by atoms with van der Waals surface area (Å²) < 4.78 is 1.93. The third-order valence-electron chi connectivity index (χ3n) is 3.29. The van der Waals surface area contributed by atoms with E-state index in [0.717, 1.165) is 13.0 Å². The van der Waals surface area contributed by atoms with Gasteiger partial charge in [-0.3, -0.25) is 9.59 Å². The summed E-state index contributed by atoms with van der Waals surface area (Å²) in [5, 5.41) is 0.519. The van der Waals surface area contributed by atoms with Gasteiger partial charge < -0.3 is 9.47 Å². The first-order chi connectivity index (χ1) is 9.66. The second-order valence-electron chi connectivity index (χ2n) is 4.60. The first kappa shape index (κ1) is 12.9. The molecule has 1 aromatic carbocycles. The molecule has 1 aliphatic heterocycles. The van der Waals surface area contributed by atoms with Crippen LogP contribution in [0.4, 0.5) is 5.69 Å². The molecule has 0 saturated heterocycles. The second-order valence-corrected chi connectivity index (χ2v) is 5.04. The van der Waals surface area contributed by atoms with Crippen molar-refractivity contribution in [3.63, 3.8) is 0 Å². The van der Waals surface area contributed by atoms with Crippen LogP contribution in [0, 0.1) is 0 Å². The highest BCUT2D eigenvalue weighted by Crippen LogP contribution is 2.31. The predicted molar refractivity (Wildman–Crippen MR) is 75.0 cm³/mol. The third-order valence-corrected chi connectivity index (χ3v) is 3.53. The average Bonchev–Trinajstić information content (AvgIpc) is 3.02. The van der Waals surface area contributed by atoms with Gasteiger partial charge in [-0.25, -0.2) is 4.98 Å². The largest absolute Gasteiger partial charge is 0.337 e. The van der Waals surface area contributed by atoms with E-state index in [2.05, 4.69) is 4.98 Å². The summed E-state index contributed by atoms with van der Waals surface area (Å²) in [5.74, 6) is -0.938. The highest BCUT2D eigenvalue weighted by molar-refractivity contribution is 6.52. The number of rotatable bonds is 4. The van der Waals surface area contributed by atoms with Gasteiger partial charge in [-0.2, -0.15) is 0 Å². The van der Waals surface area contributed by atoms with Gasteiger partial charge >= 0.3 is 0 Å². The van der Waals surface area contributed by atoms with Gasteiger partial charge in [-0.05, 0) is 24.6 Å². The number of aromatic nitrogens is 2. The maximum Gasteiger partial charge on any atom is 0.299 e. The molecule has 1 aliphatic rings. The Bertz CT molecular complexity index is 667. The molecule has 0 spiro atoms. The number of Topliss-reactive ketones (excluding diaryl/α,β-unsaturated/α-hetero) is 1. The van der Waals surface area contributed by atoms with Crippen molar-refractivity contribution >= 4 is 29.0 Å². The van der Waals surface area contributed by atoms with Crippen molar-refractivity contribution < 1.29 is 9.59 Å². The number of carbonyl (C=O) groups is 2. The molecule has 0 fully saturated rings. The lowest BCUT2D eigenvalue weighted by molar-refractivity contribution is -0.114. The lowest BCUT2D eigenvalue weighted by atomic mass is 10.1. The molecule has 3 rings (SSSR count). The Kier molecular flexibility index (Phi) is 3.28. The summed E-state index contributed by atoms with van der Waals surface area (Å²) in [4.78, 5) is 29.3. The third kappa shape index (κ3) is 2.20. The Morgan fingerprint density at radius 3 is 2.80 bits per heavy atom. The Hall–Kier alpha value is -2.14. The second kappa shape index (κ2) is 5.09. The summed E-state index contributed by atoms with van der Waals surface area (Å²) in [7, 11) is 0. The fourth-order valence-corrected chi connectivity index (χ4v) is 2.49. The van der Waals surface area contributed by atoms with Crippen molar-refractivity contribution in [3.05, 3.63) is 47.5 Å². The van der Waals surface area contributed by atoms with Crippen LogP contribution in [0.1, 0.15) is 16.8 Å². The molecule has 6 heteroatoms. The van der Waals surface area contributed by atoms with Crippen LogP contribution in [-0.2, 0) is 11.3 Å². The van der Waals surface area contributed by atoms with E-state index in [4.69, 9.17) is 11.6 Å². The summed E-state index contributed by atoms with van der Waals surface area (Å²) in [6.45, 7) is 1.23. The highest BCUT2D eigenvalue weighted by atomic mass is 35.5. The number of anilines is 1. The number of ketones is 1. The number of hydrogen-bond donors (Lipinski definition) is 0. The van der Waals surface area contributed by atoms with Gasteiger partial charge in [0.2, 0.25) is 0 Å². The van der Waals surface area contributed by atoms with Gasteiger partial charge in [0, 0.05) is 30.5 Å². The average molecular weight is 290 g/mol. The zero-order valence-corrected chi connectivity index (χ0v) is 11.4. The number of imidazole rings is 1. The van der Waals surface area contributed by atoms with E-state index in [1.807, 2.05) is 10.8 Å². The molecule has 0 aliphatic carbocycles. The Balaban J connectivity index is 1.75. The fourth-order valence-electron chi connectivity index (χ4n) is 2.32. The van der Waals surface area contributed by atoms with Crippen molar-refractivity contribution in [2.75, 3.05) is 11.4 Å². The monoisotopic (exact) mass is 289 g/mol. The van der Waals surface area contributed by atoms with E-state index in [1.54, 1.807) is 30.7 Å². The van der Waals surface area contributed by atoms with Crippen LogP contribution in [0.5, 0.6) is 0 Å². The van der Waals surface area contributed by atoms with E-state index >= 15 is 0 Å². The molecule has 20 heavy (non-hydrogen) atoms. The molecule has 0 radical (unpaired) electrons. The first-order valence-corrected chi connectivity index (χ1v) is 6.66. The van der Waals surface area contributed by atoms with E-state index < -0.39 is 11.7 Å². The van der Waals surface area contributed by atoms with Gasteiger partial charge in [0.15, 0.2) is 0 Å². The van der Waals surface area contributed by atoms with Gasteiger partial charge in [0.05, 0.1) is 17.6 Å². The molecule has 1 amide bonds. The number of carbonyl (C=O) groups excluding carboxylic acids is 2. The molecule has 0 bridgehead atoms. The molecule has 0 atom stereocenters. The minimum atomic E-state index is -0.479. The topological polar surface area (TPSA) is 55.2 Å². The van der Waals surface area contributed by atoms with Gasteiger partial charge in [0.1, 0.15) is 0 Å².